The SMILES string of the molecule is C[C@H](CC[C@H]1[C@H](C)C[C@H](O)CC1(C)C)O[C@@H]1O[C@H](CO)[C@H](O)[C@H](O)[C@H]1O. The summed E-state index contributed by atoms with van der Waals surface area (Å²) in [5.41, 5.74) is 0.0555. The molecule has 2 rings (SSSR count). The van der Waals surface area contributed by atoms with Gasteiger partial charge < -0.3 is 35.0 Å². The number of rotatable bonds is 6. The molecule has 0 spiro atoms. The first-order valence-electron chi connectivity index (χ1n) is 9.70. The molecule has 1 aliphatic carbocycles. The molecule has 1 heterocycles. The van der Waals surface area contributed by atoms with Gasteiger partial charge in [-0.3, -0.25) is 0 Å². The van der Waals surface area contributed by atoms with Crippen molar-refractivity contribution in [2.75, 3.05) is 6.61 Å². The minimum absolute atomic E-state index is 0.0555. The van der Waals surface area contributed by atoms with Crippen molar-refractivity contribution in [3.8, 4) is 0 Å². The summed E-state index contributed by atoms with van der Waals surface area (Å²) in [6.45, 7) is 7.99. The average Bonchev–Trinajstić information content (AvgIpc) is 2.53. The number of aliphatic hydroxyl groups excluding tert-OH is 5. The number of ether oxygens (including phenoxy) is 2. The Balaban J connectivity index is 1.89. The van der Waals surface area contributed by atoms with E-state index < -0.39 is 37.3 Å². The second kappa shape index (κ2) is 8.82. The molecule has 0 aromatic rings. The molecule has 0 aromatic carbocycles. The first-order valence-corrected chi connectivity index (χ1v) is 9.70. The van der Waals surface area contributed by atoms with Gasteiger partial charge in [-0.1, -0.05) is 20.8 Å². The molecule has 0 radical (unpaired) electrons. The van der Waals surface area contributed by atoms with Gasteiger partial charge in [0.25, 0.3) is 0 Å². The molecule has 0 aromatic heterocycles. The molecule has 5 N–H and O–H groups in total. The van der Waals surface area contributed by atoms with Crippen molar-refractivity contribution in [1.29, 1.82) is 0 Å². The van der Waals surface area contributed by atoms with Crippen molar-refractivity contribution in [2.45, 2.75) is 96.3 Å². The molecule has 0 unspecified atom stereocenters. The van der Waals surface area contributed by atoms with E-state index in [2.05, 4.69) is 20.8 Å². The second-order valence-corrected chi connectivity index (χ2v) is 8.89. The van der Waals surface area contributed by atoms with Gasteiger partial charge >= 0.3 is 0 Å². The lowest BCUT2D eigenvalue weighted by atomic mass is 9.61. The van der Waals surface area contributed by atoms with Crippen molar-refractivity contribution in [3.05, 3.63) is 0 Å². The van der Waals surface area contributed by atoms with Crippen molar-refractivity contribution in [3.63, 3.8) is 0 Å². The lowest BCUT2D eigenvalue weighted by Gasteiger charge is -2.45. The van der Waals surface area contributed by atoms with Crippen LogP contribution in [0.25, 0.3) is 0 Å². The molecule has 9 atom stereocenters. The van der Waals surface area contributed by atoms with Crippen LogP contribution < -0.4 is 0 Å². The third-order valence-corrected chi connectivity index (χ3v) is 6.20. The third-order valence-electron chi connectivity index (χ3n) is 6.20. The van der Waals surface area contributed by atoms with Gasteiger partial charge in [-0.25, -0.2) is 0 Å². The van der Waals surface area contributed by atoms with E-state index in [-0.39, 0.29) is 17.6 Å². The average molecular weight is 376 g/mol. The lowest BCUT2D eigenvalue weighted by Crippen LogP contribution is -2.59. The lowest BCUT2D eigenvalue weighted by molar-refractivity contribution is -0.310. The molecule has 1 aliphatic heterocycles. The molecular weight excluding hydrogens is 340 g/mol. The highest BCUT2D eigenvalue weighted by molar-refractivity contribution is 4.91. The maximum atomic E-state index is 10.1. The van der Waals surface area contributed by atoms with Crippen LogP contribution in [0.3, 0.4) is 0 Å². The Labute approximate surface area is 155 Å². The molecule has 2 aliphatic rings. The molecule has 0 bridgehead atoms. The summed E-state index contributed by atoms with van der Waals surface area (Å²) in [6, 6.07) is 0. The van der Waals surface area contributed by atoms with E-state index in [1.807, 2.05) is 6.92 Å². The van der Waals surface area contributed by atoms with E-state index in [0.717, 1.165) is 25.7 Å². The van der Waals surface area contributed by atoms with E-state index >= 15 is 0 Å². The molecule has 0 amide bonds. The molecule has 154 valence electrons. The van der Waals surface area contributed by atoms with Crippen molar-refractivity contribution in [2.24, 2.45) is 17.3 Å². The van der Waals surface area contributed by atoms with Crippen LogP contribution in [0.15, 0.2) is 0 Å². The fourth-order valence-corrected chi connectivity index (χ4v) is 4.77. The van der Waals surface area contributed by atoms with Crippen LogP contribution in [0.5, 0.6) is 0 Å². The topological polar surface area (TPSA) is 120 Å². The zero-order valence-electron chi connectivity index (χ0n) is 16.3. The van der Waals surface area contributed by atoms with Crippen LogP contribution in [-0.4, -0.2) is 75.1 Å². The maximum Gasteiger partial charge on any atom is 0.186 e. The van der Waals surface area contributed by atoms with E-state index in [9.17, 15) is 25.5 Å². The number of hydrogen-bond acceptors (Lipinski definition) is 7. The van der Waals surface area contributed by atoms with E-state index in [0.29, 0.717) is 11.8 Å². The smallest absolute Gasteiger partial charge is 0.186 e. The Morgan fingerprint density at radius 2 is 1.77 bits per heavy atom. The molecule has 26 heavy (non-hydrogen) atoms. The predicted molar refractivity (Wildman–Crippen MR) is 95.2 cm³/mol. The molecule has 7 nitrogen and oxygen atoms in total. The van der Waals surface area contributed by atoms with E-state index in [1.54, 1.807) is 0 Å². The highest BCUT2D eigenvalue weighted by Crippen LogP contribution is 2.46. The maximum absolute atomic E-state index is 10.1. The van der Waals surface area contributed by atoms with Crippen molar-refractivity contribution < 1.29 is 35.0 Å². The van der Waals surface area contributed by atoms with Gasteiger partial charge in [0.15, 0.2) is 6.29 Å². The zero-order valence-corrected chi connectivity index (χ0v) is 16.3. The number of hydrogen-bond donors (Lipinski definition) is 5. The van der Waals surface area contributed by atoms with Gasteiger partial charge in [0.1, 0.15) is 24.4 Å². The monoisotopic (exact) mass is 376 g/mol. The van der Waals surface area contributed by atoms with Gasteiger partial charge in [0.05, 0.1) is 18.8 Å². The summed E-state index contributed by atoms with van der Waals surface area (Å²) in [4.78, 5) is 0. The summed E-state index contributed by atoms with van der Waals surface area (Å²) in [5, 5.41) is 49.0. The molecule has 1 saturated heterocycles. The molecule has 7 heteroatoms. The predicted octanol–water partition coefficient (Wildman–Crippen LogP) is 0.405. The van der Waals surface area contributed by atoms with Gasteiger partial charge in [0, 0.05) is 0 Å². The van der Waals surface area contributed by atoms with Gasteiger partial charge in [-0.05, 0) is 49.9 Å². The Morgan fingerprint density at radius 1 is 1.12 bits per heavy atom. The van der Waals surface area contributed by atoms with E-state index in [1.165, 1.54) is 0 Å². The van der Waals surface area contributed by atoms with Crippen LogP contribution >= 0.6 is 0 Å². The number of aliphatic hydroxyl groups is 5. The summed E-state index contributed by atoms with van der Waals surface area (Å²) >= 11 is 0. The van der Waals surface area contributed by atoms with Crippen LogP contribution in [0, 0.1) is 17.3 Å². The van der Waals surface area contributed by atoms with Crippen LogP contribution in [-0.2, 0) is 9.47 Å². The summed E-state index contributed by atoms with van der Waals surface area (Å²) in [6.07, 6.45) is -3.36. The summed E-state index contributed by atoms with van der Waals surface area (Å²) in [5.74, 6) is 0.889. The standard InChI is InChI=1S/C19H36O7/c1-10-7-12(21)8-19(3,4)13(10)6-5-11(2)25-18-17(24)16(23)15(22)14(9-20)26-18/h10-18,20-24H,5-9H2,1-4H3/t10-,11-,12+,13+,14-,15+,16+,17-,18-/m1/s1. The van der Waals surface area contributed by atoms with Crippen LogP contribution in [0.4, 0.5) is 0 Å². The Hall–Kier alpha value is -0.280. The zero-order chi connectivity index (χ0) is 19.6. The highest BCUT2D eigenvalue weighted by atomic mass is 16.7. The minimum atomic E-state index is -1.42. The minimum Gasteiger partial charge on any atom is -0.394 e. The molecule has 2 fully saturated rings. The fourth-order valence-electron chi connectivity index (χ4n) is 4.77. The Bertz CT molecular complexity index is 442. The normalized spacial score (nSPS) is 44.7. The summed E-state index contributed by atoms with van der Waals surface area (Å²) < 4.78 is 11.2. The Morgan fingerprint density at radius 3 is 2.35 bits per heavy atom. The van der Waals surface area contributed by atoms with Crippen LogP contribution in [0.2, 0.25) is 0 Å². The third kappa shape index (κ3) is 4.95. The van der Waals surface area contributed by atoms with Crippen molar-refractivity contribution >= 4 is 0 Å². The van der Waals surface area contributed by atoms with Crippen molar-refractivity contribution in [1.82, 2.24) is 0 Å². The van der Waals surface area contributed by atoms with Gasteiger partial charge in [-0.15, -0.1) is 0 Å². The molecular formula is C19H36O7. The Kier molecular flexibility index (Phi) is 7.46. The second-order valence-electron chi connectivity index (χ2n) is 8.89. The first kappa shape index (κ1) is 22.0. The first-order chi connectivity index (χ1) is 12.1. The quantitative estimate of drug-likeness (QED) is 0.455. The molecule has 1 saturated carbocycles. The fraction of sp³-hybridized carbons (Fsp3) is 1.00. The largest absolute Gasteiger partial charge is 0.394 e. The van der Waals surface area contributed by atoms with Crippen LogP contribution in [0.1, 0.15) is 53.4 Å². The highest BCUT2D eigenvalue weighted by Gasteiger charge is 2.45. The summed E-state index contributed by atoms with van der Waals surface area (Å²) in [7, 11) is 0. The van der Waals surface area contributed by atoms with Gasteiger partial charge in [-0.2, -0.15) is 0 Å². The van der Waals surface area contributed by atoms with Gasteiger partial charge in [0.2, 0.25) is 0 Å². The van der Waals surface area contributed by atoms with E-state index in [4.69, 9.17) is 9.47 Å².